The van der Waals surface area contributed by atoms with Crippen LogP contribution in [0.25, 0.3) is 11.1 Å². The monoisotopic (exact) mass is 604 g/mol. The van der Waals surface area contributed by atoms with Gasteiger partial charge in [-0.15, -0.1) is 0 Å². The number of carbonyl (C=O) groups is 4. The van der Waals surface area contributed by atoms with E-state index >= 15 is 0 Å². The third-order valence-electron chi connectivity index (χ3n) is 8.89. The van der Waals surface area contributed by atoms with Gasteiger partial charge in [0.05, 0.1) is 11.6 Å². The lowest BCUT2D eigenvalue weighted by Gasteiger charge is -2.50. The average Bonchev–Trinajstić information content (AvgIpc) is 2.94. The smallest absolute Gasteiger partial charge is 0.255 e. The number of fused-ring (bicyclic) bond motifs is 3. The van der Waals surface area contributed by atoms with E-state index in [9.17, 15) is 39.6 Å². The molecule has 44 heavy (non-hydrogen) atoms. The number of benzene rings is 2. The molecular formula is C32H36N4O8. The summed E-state index contributed by atoms with van der Waals surface area (Å²) in [6, 6.07) is 8.79. The first kappa shape index (κ1) is 30.9. The summed E-state index contributed by atoms with van der Waals surface area (Å²) in [5.74, 6) is -7.32. The number of aliphatic hydroxyl groups excluding tert-OH is 2. The summed E-state index contributed by atoms with van der Waals surface area (Å²) in [5, 5.41) is 47.9. The number of allylic oxidation sites excluding steroid dienone is 1. The molecule has 2 aromatic carbocycles. The van der Waals surface area contributed by atoms with Crippen molar-refractivity contribution < 1.29 is 39.6 Å². The summed E-state index contributed by atoms with van der Waals surface area (Å²) in [5.41, 5.74) is 3.62. The number of ketones is 2. The first-order valence-electron chi connectivity index (χ1n) is 14.2. The predicted molar refractivity (Wildman–Crippen MR) is 160 cm³/mol. The molecule has 232 valence electrons. The van der Waals surface area contributed by atoms with Gasteiger partial charge < -0.3 is 36.4 Å². The first-order chi connectivity index (χ1) is 20.7. The Hall–Kier alpha value is -4.52. The second-order valence-corrected chi connectivity index (χ2v) is 12.1. The zero-order valence-electron chi connectivity index (χ0n) is 24.9. The van der Waals surface area contributed by atoms with Crippen LogP contribution in [0.4, 0.5) is 0 Å². The predicted octanol–water partition coefficient (Wildman–Crippen LogP) is 1.08. The number of nitrogens with zero attached hydrogens (tertiary/aromatic N) is 2. The molecule has 5 rings (SSSR count). The van der Waals surface area contributed by atoms with Gasteiger partial charge in [0.1, 0.15) is 22.8 Å². The van der Waals surface area contributed by atoms with Crippen molar-refractivity contribution in [2.45, 2.75) is 24.5 Å². The molecule has 4 atom stereocenters. The van der Waals surface area contributed by atoms with Crippen LogP contribution < -0.4 is 11.1 Å². The van der Waals surface area contributed by atoms with Gasteiger partial charge in [-0.25, -0.2) is 0 Å². The van der Waals surface area contributed by atoms with Gasteiger partial charge in [0.15, 0.2) is 11.4 Å². The summed E-state index contributed by atoms with van der Waals surface area (Å²) in [6.45, 7) is 1.12. The van der Waals surface area contributed by atoms with Gasteiger partial charge >= 0.3 is 0 Å². The fourth-order valence-corrected chi connectivity index (χ4v) is 6.84. The number of carbonyl (C=O) groups excluding carboxylic acids is 4. The van der Waals surface area contributed by atoms with Crippen LogP contribution in [0.2, 0.25) is 0 Å². The highest BCUT2D eigenvalue weighted by molar-refractivity contribution is 6.25. The quantitative estimate of drug-likeness (QED) is 0.249. The van der Waals surface area contributed by atoms with Crippen LogP contribution in [0, 0.1) is 11.8 Å². The van der Waals surface area contributed by atoms with Crippen LogP contribution in [0.1, 0.15) is 32.7 Å². The largest absolute Gasteiger partial charge is 0.510 e. The highest BCUT2D eigenvalue weighted by Gasteiger charge is 2.63. The Morgan fingerprint density at radius 1 is 1.07 bits per heavy atom. The fourth-order valence-electron chi connectivity index (χ4n) is 6.84. The van der Waals surface area contributed by atoms with Gasteiger partial charge in [-0.05, 0) is 81.8 Å². The highest BCUT2D eigenvalue weighted by Crippen LogP contribution is 2.53. The zero-order chi connectivity index (χ0) is 32.2. The molecule has 2 unspecified atom stereocenters. The van der Waals surface area contributed by atoms with Crippen molar-refractivity contribution >= 4 is 23.4 Å². The van der Waals surface area contributed by atoms with Crippen LogP contribution in [-0.2, 0) is 16.0 Å². The fraction of sp³-hybridized carbons (Fsp3) is 0.375. The van der Waals surface area contributed by atoms with Crippen LogP contribution in [0.5, 0.6) is 5.75 Å². The number of rotatable bonds is 7. The van der Waals surface area contributed by atoms with Crippen molar-refractivity contribution in [3.8, 4) is 16.9 Å². The molecule has 0 spiro atoms. The number of hydrogen-bond acceptors (Lipinski definition) is 10. The lowest BCUT2D eigenvalue weighted by atomic mass is 9.58. The van der Waals surface area contributed by atoms with Crippen molar-refractivity contribution in [2.75, 3.05) is 41.3 Å². The van der Waals surface area contributed by atoms with Crippen LogP contribution in [0.3, 0.4) is 0 Å². The van der Waals surface area contributed by atoms with Gasteiger partial charge in [-0.3, -0.25) is 24.1 Å². The maximum Gasteiger partial charge on any atom is 0.255 e. The molecule has 2 amide bonds. The maximum atomic E-state index is 14.0. The molecular weight excluding hydrogens is 568 g/mol. The number of hydrogen-bond donors (Lipinski definition) is 6. The summed E-state index contributed by atoms with van der Waals surface area (Å²) in [4.78, 5) is 55.9. The van der Waals surface area contributed by atoms with Gasteiger partial charge in [0.2, 0.25) is 5.78 Å². The molecule has 0 aliphatic heterocycles. The van der Waals surface area contributed by atoms with E-state index in [2.05, 4.69) is 5.32 Å². The maximum absolute atomic E-state index is 14.0. The number of Topliss-reactive ketones (excluding diaryl/α,β-unsaturated/α-hetero) is 2. The van der Waals surface area contributed by atoms with Crippen molar-refractivity contribution in [1.29, 1.82) is 0 Å². The van der Waals surface area contributed by atoms with E-state index in [-0.39, 0.29) is 35.6 Å². The number of aliphatic hydroxyl groups is 3. The second-order valence-electron chi connectivity index (χ2n) is 12.1. The van der Waals surface area contributed by atoms with Crippen molar-refractivity contribution in [3.05, 3.63) is 75.8 Å². The normalized spacial score (nSPS) is 24.8. The van der Waals surface area contributed by atoms with Gasteiger partial charge in [-0.2, -0.15) is 0 Å². The standard InChI is InChI=1S/C32H36N4O8/c1-35(2)11-10-34-31(43)16-7-5-6-15(12-16)18-8-9-21(37)23-19(18)13-17-14-20-25(36(3)4)27(39)24(30(33)42)29(41)32(20,44)28(40)22(17)26(23)38/h5-9,12,17,20,25,37,39-40,44H,10-11,13-14H2,1-4H3,(H2,33,42)(H,34,43)/t17?,20?,25-,32+/m1/s1. The van der Waals surface area contributed by atoms with Crippen LogP contribution in [-0.4, -0.2) is 107 Å². The van der Waals surface area contributed by atoms with E-state index in [4.69, 9.17) is 5.73 Å². The average molecular weight is 605 g/mol. The molecule has 0 radical (unpaired) electrons. The van der Waals surface area contributed by atoms with E-state index in [0.717, 1.165) is 0 Å². The Morgan fingerprint density at radius 3 is 2.41 bits per heavy atom. The second kappa shape index (κ2) is 11.2. The Labute approximate surface area is 254 Å². The van der Waals surface area contributed by atoms with Gasteiger partial charge in [-0.1, -0.05) is 18.2 Å². The molecule has 7 N–H and O–H groups in total. The summed E-state index contributed by atoms with van der Waals surface area (Å²) < 4.78 is 0. The Balaban J connectivity index is 1.60. The molecule has 0 saturated carbocycles. The molecule has 12 heteroatoms. The minimum Gasteiger partial charge on any atom is -0.510 e. The van der Waals surface area contributed by atoms with E-state index in [0.29, 0.717) is 35.3 Å². The Morgan fingerprint density at radius 2 is 1.77 bits per heavy atom. The van der Waals surface area contributed by atoms with E-state index in [1.54, 1.807) is 44.4 Å². The molecule has 12 nitrogen and oxygen atoms in total. The molecule has 0 heterocycles. The minimum atomic E-state index is -2.70. The van der Waals surface area contributed by atoms with E-state index in [1.165, 1.54) is 11.0 Å². The number of likely N-dealkylation sites (N-methyl/N-ethyl adjacent to an activating group) is 2. The number of aromatic hydroxyl groups is 1. The first-order valence-corrected chi connectivity index (χ1v) is 14.2. The lowest BCUT2D eigenvalue weighted by molar-refractivity contribution is -0.148. The summed E-state index contributed by atoms with van der Waals surface area (Å²) in [7, 11) is 6.96. The van der Waals surface area contributed by atoms with E-state index in [1.807, 2.05) is 19.0 Å². The Kier molecular flexibility index (Phi) is 7.87. The number of phenolic OH excluding ortho intramolecular Hbond substituents is 1. The SMILES string of the molecule is CN(C)CCNC(=O)c1cccc(-c2ccc(O)c3c2CC2CC4[C@@H](N(C)C)C(O)=C(C(N)=O)C(=O)[C@@]4(O)C(O)=C2C3=O)c1. The van der Waals surface area contributed by atoms with Gasteiger partial charge in [0.25, 0.3) is 11.8 Å². The molecule has 3 aliphatic carbocycles. The van der Waals surface area contributed by atoms with Crippen molar-refractivity contribution in [1.82, 2.24) is 15.1 Å². The molecule has 0 aromatic heterocycles. The summed E-state index contributed by atoms with van der Waals surface area (Å²) >= 11 is 0. The third kappa shape index (κ3) is 4.75. The number of primary amides is 1. The lowest BCUT2D eigenvalue weighted by Crippen LogP contribution is -2.63. The number of nitrogens with two attached hydrogens (primary N) is 1. The molecule has 3 aliphatic rings. The minimum absolute atomic E-state index is 0.0187. The zero-order valence-corrected chi connectivity index (χ0v) is 24.9. The number of amides is 2. The Bertz CT molecular complexity index is 1660. The number of nitrogens with one attached hydrogen (secondary N) is 1. The van der Waals surface area contributed by atoms with E-state index < -0.39 is 58.0 Å². The summed E-state index contributed by atoms with van der Waals surface area (Å²) in [6.07, 6.45) is 0.118. The van der Waals surface area contributed by atoms with Crippen LogP contribution >= 0.6 is 0 Å². The molecule has 0 fully saturated rings. The van der Waals surface area contributed by atoms with Crippen LogP contribution in [0.15, 0.2) is 59.1 Å². The van der Waals surface area contributed by atoms with Crippen molar-refractivity contribution in [2.24, 2.45) is 17.6 Å². The third-order valence-corrected chi connectivity index (χ3v) is 8.89. The highest BCUT2D eigenvalue weighted by atomic mass is 16.3. The number of phenols is 1. The molecule has 0 bridgehead atoms. The van der Waals surface area contributed by atoms with Crippen molar-refractivity contribution in [3.63, 3.8) is 0 Å². The molecule has 0 saturated heterocycles. The topological polar surface area (TPSA) is 194 Å². The molecule has 2 aromatic rings. The van der Waals surface area contributed by atoms with Gasteiger partial charge in [0, 0.05) is 30.1 Å².